The molecule has 17 heavy (non-hydrogen) atoms. The highest BCUT2D eigenvalue weighted by Gasteiger charge is 2.30. The summed E-state index contributed by atoms with van der Waals surface area (Å²) in [5.41, 5.74) is -3.25. The van der Waals surface area contributed by atoms with Crippen molar-refractivity contribution in [3.8, 4) is 0 Å². The molecule has 6 heteroatoms. The third-order valence-electron chi connectivity index (χ3n) is 1.95. The van der Waals surface area contributed by atoms with Crippen molar-refractivity contribution in [2.45, 2.75) is 29.6 Å². The largest absolute Gasteiger partial charge is 0.446 e. The standard InChI is InChI=1S/C11H10ClF3OS/c1-7(16)4-8-2-3-10(9(5-8)6-12)17-11(13,14)15/h2-3,5H,4,6H2,1H3. The minimum absolute atomic E-state index is 0.00976. The molecule has 0 heterocycles. The minimum Gasteiger partial charge on any atom is -0.300 e. The van der Waals surface area contributed by atoms with Crippen LogP contribution in [0.5, 0.6) is 0 Å². The Morgan fingerprint density at radius 3 is 2.53 bits per heavy atom. The Kier molecular flexibility index (Phi) is 4.89. The van der Waals surface area contributed by atoms with Gasteiger partial charge in [-0.05, 0) is 35.9 Å². The molecule has 1 aromatic carbocycles. The van der Waals surface area contributed by atoms with Crippen LogP contribution >= 0.6 is 23.4 Å². The van der Waals surface area contributed by atoms with E-state index in [4.69, 9.17) is 11.6 Å². The minimum atomic E-state index is -4.33. The fraction of sp³-hybridized carbons (Fsp3) is 0.364. The van der Waals surface area contributed by atoms with Gasteiger partial charge in [-0.15, -0.1) is 11.6 Å². The molecule has 0 aliphatic rings. The van der Waals surface area contributed by atoms with E-state index in [1.165, 1.54) is 19.1 Å². The van der Waals surface area contributed by atoms with Crippen LogP contribution in [0.15, 0.2) is 23.1 Å². The lowest BCUT2D eigenvalue weighted by atomic mass is 10.1. The number of carbonyl (C=O) groups excluding carboxylic acids is 1. The van der Waals surface area contributed by atoms with Crippen LogP contribution in [0.2, 0.25) is 0 Å². The second-order valence-electron chi connectivity index (χ2n) is 3.50. The van der Waals surface area contributed by atoms with Gasteiger partial charge in [0.2, 0.25) is 0 Å². The van der Waals surface area contributed by atoms with Crippen molar-refractivity contribution in [2.75, 3.05) is 0 Å². The first-order valence-electron chi connectivity index (χ1n) is 4.75. The Morgan fingerprint density at radius 2 is 2.06 bits per heavy atom. The maximum Gasteiger partial charge on any atom is 0.446 e. The van der Waals surface area contributed by atoms with E-state index in [0.29, 0.717) is 11.1 Å². The summed E-state index contributed by atoms with van der Waals surface area (Å²) in [4.78, 5) is 11.0. The van der Waals surface area contributed by atoms with Gasteiger partial charge in [-0.3, -0.25) is 4.79 Å². The van der Waals surface area contributed by atoms with E-state index < -0.39 is 5.51 Å². The van der Waals surface area contributed by atoms with Gasteiger partial charge >= 0.3 is 5.51 Å². The summed E-state index contributed by atoms with van der Waals surface area (Å²) in [5, 5.41) is 0. The maximum absolute atomic E-state index is 12.2. The number of hydrogen-bond donors (Lipinski definition) is 0. The van der Waals surface area contributed by atoms with Crippen molar-refractivity contribution in [3.05, 3.63) is 29.3 Å². The van der Waals surface area contributed by atoms with Gasteiger partial charge in [0.1, 0.15) is 5.78 Å². The predicted octanol–water partition coefficient (Wildman–Crippen LogP) is 4.17. The summed E-state index contributed by atoms with van der Waals surface area (Å²) in [7, 11) is 0. The zero-order valence-electron chi connectivity index (χ0n) is 8.97. The summed E-state index contributed by atoms with van der Waals surface area (Å²) in [6.07, 6.45) is 0.209. The van der Waals surface area contributed by atoms with Crippen LogP contribution in [-0.2, 0) is 17.1 Å². The van der Waals surface area contributed by atoms with Gasteiger partial charge in [-0.2, -0.15) is 13.2 Å². The molecular weight excluding hydrogens is 273 g/mol. The molecule has 0 radical (unpaired) electrons. The molecule has 0 aliphatic heterocycles. The van der Waals surface area contributed by atoms with E-state index in [1.54, 1.807) is 6.07 Å². The van der Waals surface area contributed by atoms with Gasteiger partial charge in [-0.25, -0.2) is 0 Å². The van der Waals surface area contributed by atoms with Gasteiger partial charge < -0.3 is 0 Å². The predicted molar refractivity (Wildman–Crippen MR) is 62.3 cm³/mol. The van der Waals surface area contributed by atoms with E-state index >= 15 is 0 Å². The van der Waals surface area contributed by atoms with Crippen molar-refractivity contribution in [1.82, 2.24) is 0 Å². The van der Waals surface area contributed by atoms with Crippen LogP contribution in [0.25, 0.3) is 0 Å². The Bertz CT molecular complexity index is 418. The molecule has 0 bridgehead atoms. The van der Waals surface area contributed by atoms with Gasteiger partial charge in [0.05, 0.1) is 0 Å². The van der Waals surface area contributed by atoms with Gasteiger partial charge in [-0.1, -0.05) is 12.1 Å². The van der Waals surface area contributed by atoms with Crippen LogP contribution in [0.4, 0.5) is 13.2 Å². The molecule has 0 saturated heterocycles. The Balaban J connectivity index is 2.97. The molecular formula is C11H10ClF3OS. The molecule has 0 spiro atoms. The van der Waals surface area contributed by atoms with E-state index in [1.807, 2.05) is 0 Å². The fourth-order valence-electron chi connectivity index (χ4n) is 1.36. The topological polar surface area (TPSA) is 17.1 Å². The summed E-state index contributed by atoms with van der Waals surface area (Å²) >= 11 is 5.41. The Hall–Kier alpha value is -0.680. The molecule has 0 aromatic heterocycles. The van der Waals surface area contributed by atoms with Gasteiger partial charge in [0.25, 0.3) is 0 Å². The van der Waals surface area contributed by atoms with E-state index in [9.17, 15) is 18.0 Å². The van der Waals surface area contributed by atoms with E-state index in [2.05, 4.69) is 0 Å². The third-order valence-corrected chi connectivity index (χ3v) is 3.09. The highest BCUT2D eigenvalue weighted by atomic mass is 35.5. The average molecular weight is 283 g/mol. The number of rotatable bonds is 4. The van der Waals surface area contributed by atoms with Crippen LogP contribution in [0.3, 0.4) is 0 Å². The molecule has 1 nitrogen and oxygen atoms in total. The zero-order chi connectivity index (χ0) is 13.1. The quantitative estimate of drug-likeness (QED) is 0.609. The summed E-state index contributed by atoms with van der Waals surface area (Å²) in [5.74, 6) is -0.0498. The van der Waals surface area contributed by atoms with Crippen molar-refractivity contribution in [2.24, 2.45) is 0 Å². The number of benzene rings is 1. The average Bonchev–Trinajstić information content (AvgIpc) is 2.17. The summed E-state index contributed by atoms with van der Waals surface area (Å²) < 4.78 is 36.7. The van der Waals surface area contributed by atoms with Crippen LogP contribution in [0, 0.1) is 0 Å². The number of alkyl halides is 4. The van der Waals surface area contributed by atoms with Gasteiger partial charge in [0, 0.05) is 17.2 Å². The number of hydrogen-bond acceptors (Lipinski definition) is 2. The molecule has 1 aromatic rings. The lowest BCUT2D eigenvalue weighted by Gasteiger charge is -2.10. The van der Waals surface area contributed by atoms with E-state index in [0.717, 1.165) is 0 Å². The smallest absolute Gasteiger partial charge is 0.300 e. The monoisotopic (exact) mass is 282 g/mol. The van der Waals surface area contributed by atoms with E-state index in [-0.39, 0.29) is 34.7 Å². The first-order chi connectivity index (χ1) is 7.81. The highest BCUT2D eigenvalue weighted by Crippen LogP contribution is 2.39. The fourth-order valence-corrected chi connectivity index (χ4v) is 2.31. The van der Waals surface area contributed by atoms with Crippen LogP contribution in [0.1, 0.15) is 18.1 Å². The second kappa shape index (κ2) is 5.78. The lowest BCUT2D eigenvalue weighted by molar-refractivity contribution is -0.116. The molecule has 0 amide bonds. The molecule has 1 rings (SSSR count). The number of halogens is 4. The third kappa shape index (κ3) is 5.00. The van der Waals surface area contributed by atoms with Crippen molar-refractivity contribution >= 4 is 29.1 Å². The summed E-state index contributed by atoms with van der Waals surface area (Å²) in [6.45, 7) is 1.43. The first kappa shape index (κ1) is 14.4. The van der Waals surface area contributed by atoms with Crippen molar-refractivity contribution in [1.29, 1.82) is 0 Å². The first-order valence-corrected chi connectivity index (χ1v) is 6.10. The molecule has 0 N–H and O–H groups in total. The normalized spacial score (nSPS) is 11.6. The Labute approximate surface area is 106 Å². The van der Waals surface area contributed by atoms with Gasteiger partial charge in [0.15, 0.2) is 0 Å². The molecule has 94 valence electrons. The zero-order valence-corrected chi connectivity index (χ0v) is 10.5. The second-order valence-corrected chi connectivity index (χ2v) is 4.88. The van der Waals surface area contributed by atoms with Crippen LogP contribution < -0.4 is 0 Å². The highest BCUT2D eigenvalue weighted by molar-refractivity contribution is 8.00. The van der Waals surface area contributed by atoms with Crippen LogP contribution in [-0.4, -0.2) is 11.3 Å². The van der Waals surface area contributed by atoms with Crippen molar-refractivity contribution < 1.29 is 18.0 Å². The SMILES string of the molecule is CC(=O)Cc1ccc(SC(F)(F)F)c(CCl)c1. The molecule has 0 atom stereocenters. The molecule has 0 fully saturated rings. The number of ketones is 1. The molecule has 0 unspecified atom stereocenters. The molecule has 0 aliphatic carbocycles. The molecule has 0 saturated carbocycles. The number of thioether (sulfide) groups is 1. The summed E-state index contributed by atoms with van der Waals surface area (Å²) in [6, 6.07) is 4.42. The van der Waals surface area contributed by atoms with Crippen molar-refractivity contribution in [3.63, 3.8) is 0 Å². The lowest BCUT2D eigenvalue weighted by Crippen LogP contribution is -2.02. The maximum atomic E-state index is 12.2. The Morgan fingerprint density at radius 1 is 1.41 bits per heavy atom. The number of Topliss-reactive ketones (excluding diaryl/α,β-unsaturated/α-hetero) is 1. The number of carbonyl (C=O) groups is 1.